The maximum absolute atomic E-state index is 12.5. The Morgan fingerprint density at radius 3 is 2.85 bits per heavy atom. The molecule has 1 aromatic heterocycles. The molecule has 136 valence electrons. The number of hydrogen-bond donors (Lipinski definition) is 1. The van der Waals surface area contributed by atoms with Crippen molar-refractivity contribution in [2.24, 2.45) is 5.92 Å². The zero-order chi connectivity index (χ0) is 18.4. The molecule has 1 atom stereocenters. The zero-order valence-electron chi connectivity index (χ0n) is 14.5. The summed E-state index contributed by atoms with van der Waals surface area (Å²) >= 11 is 0. The van der Waals surface area contributed by atoms with Crippen molar-refractivity contribution in [3.63, 3.8) is 0 Å². The largest absolute Gasteiger partial charge is 0.489 e. The van der Waals surface area contributed by atoms with Crippen molar-refractivity contribution in [3.05, 3.63) is 59.9 Å². The summed E-state index contributed by atoms with van der Waals surface area (Å²) in [6.45, 7) is 1.34. The number of likely N-dealkylation sites (tertiary alicyclic amines) is 1. The van der Waals surface area contributed by atoms with E-state index in [1.165, 1.54) is 0 Å². The number of carboxylic acids is 1. The van der Waals surface area contributed by atoms with E-state index in [2.05, 4.69) is 4.98 Å². The quantitative estimate of drug-likeness (QED) is 0.862. The van der Waals surface area contributed by atoms with Gasteiger partial charge in [-0.1, -0.05) is 18.2 Å². The number of pyridine rings is 1. The number of piperidine rings is 1. The van der Waals surface area contributed by atoms with Crippen LogP contribution in [0.4, 0.5) is 0 Å². The van der Waals surface area contributed by atoms with Crippen molar-refractivity contribution in [1.82, 2.24) is 9.88 Å². The number of nitrogens with zero attached hydrogens (tertiary/aromatic N) is 2. The molecule has 1 saturated heterocycles. The molecule has 0 aliphatic carbocycles. The highest BCUT2D eigenvalue weighted by atomic mass is 16.5. The van der Waals surface area contributed by atoms with Crippen LogP contribution < -0.4 is 4.74 Å². The second-order valence-electron chi connectivity index (χ2n) is 6.49. The second-order valence-corrected chi connectivity index (χ2v) is 6.49. The van der Waals surface area contributed by atoms with Gasteiger partial charge in [-0.15, -0.1) is 0 Å². The van der Waals surface area contributed by atoms with E-state index < -0.39 is 11.9 Å². The zero-order valence-corrected chi connectivity index (χ0v) is 14.5. The molecule has 0 unspecified atom stereocenters. The normalized spacial score (nSPS) is 16.9. The summed E-state index contributed by atoms with van der Waals surface area (Å²) in [5.74, 6) is -0.628. The first-order valence-electron chi connectivity index (χ1n) is 8.73. The molecular weight excluding hydrogens is 332 g/mol. The molecule has 1 fully saturated rings. The first-order chi connectivity index (χ1) is 12.6. The SMILES string of the molecule is O=C(O)[C@H]1CCCN(C(=O)Cc2cccc(OCc3cccnc3)c2)C1. The lowest BCUT2D eigenvalue weighted by Crippen LogP contribution is -2.42. The number of benzene rings is 1. The van der Waals surface area contributed by atoms with Gasteiger partial charge in [0.25, 0.3) is 0 Å². The van der Waals surface area contributed by atoms with Crippen molar-refractivity contribution in [1.29, 1.82) is 0 Å². The standard InChI is InChI=1S/C20H22N2O4/c23-19(22-9-3-6-17(13-22)20(24)25)11-15-4-1-7-18(10-15)26-14-16-5-2-8-21-12-16/h1-2,4-5,7-8,10,12,17H,3,6,9,11,13-14H2,(H,24,25)/t17-/m0/s1. The monoisotopic (exact) mass is 354 g/mol. The second kappa shape index (κ2) is 8.47. The molecule has 0 saturated carbocycles. The third-order valence-corrected chi connectivity index (χ3v) is 4.51. The van der Waals surface area contributed by atoms with Crippen LogP contribution in [0, 0.1) is 5.92 Å². The molecule has 3 rings (SSSR count). The lowest BCUT2D eigenvalue weighted by molar-refractivity contribution is -0.145. The van der Waals surface area contributed by atoms with Gasteiger partial charge in [0.1, 0.15) is 12.4 Å². The minimum Gasteiger partial charge on any atom is -0.489 e. The van der Waals surface area contributed by atoms with Gasteiger partial charge in [-0.05, 0) is 36.6 Å². The molecule has 0 spiro atoms. The fourth-order valence-electron chi connectivity index (χ4n) is 3.09. The maximum Gasteiger partial charge on any atom is 0.308 e. The number of rotatable bonds is 6. The summed E-state index contributed by atoms with van der Waals surface area (Å²) in [6.07, 6.45) is 5.08. The Balaban J connectivity index is 1.57. The number of amides is 1. The number of aromatic nitrogens is 1. The molecule has 1 aliphatic rings. The van der Waals surface area contributed by atoms with Crippen molar-refractivity contribution >= 4 is 11.9 Å². The molecule has 1 aromatic carbocycles. The number of ether oxygens (including phenoxy) is 1. The van der Waals surface area contributed by atoms with Gasteiger partial charge in [-0.2, -0.15) is 0 Å². The van der Waals surface area contributed by atoms with Crippen molar-refractivity contribution in [2.75, 3.05) is 13.1 Å². The van der Waals surface area contributed by atoms with Gasteiger partial charge in [0.15, 0.2) is 0 Å². The maximum atomic E-state index is 12.5. The lowest BCUT2D eigenvalue weighted by Gasteiger charge is -2.30. The van der Waals surface area contributed by atoms with E-state index in [-0.39, 0.29) is 12.3 Å². The van der Waals surface area contributed by atoms with E-state index in [1.807, 2.05) is 36.4 Å². The third-order valence-electron chi connectivity index (χ3n) is 4.51. The van der Waals surface area contributed by atoms with Gasteiger partial charge in [-0.3, -0.25) is 14.6 Å². The number of carboxylic acid groups (broad SMARTS) is 1. The summed E-state index contributed by atoms with van der Waals surface area (Å²) < 4.78 is 5.77. The molecule has 0 radical (unpaired) electrons. The average Bonchev–Trinajstić information content (AvgIpc) is 2.67. The Bertz CT molecular complexity index is 763. The third kappa shape index (κ3) is 4.81. The molecule has 1 amide bonds. The average molecular weight is 354 g/mol. The van der Waals surface area contributed by atoms with E-state index in [9.17, 15) is 9.59 Å². The van der Waals surface area contributed by atoms with Crippen LogP contribution in [0.25, 0.3) is 0 Å². The van der Waals surface area contributed by atoms with Gasteiger partial charge < -0.3 is 14.7 Å². The number of carbonyl (C=O) groups is 2. The molecule has 2 heterocycles. The Kier molecular flexibility index (Phi) is 5.84. The molecular formula is C20H22N2O4. The molecule has 1 aliphatic heterocycles. The van der Waals surface area contributed by atoms with Crippen LogP contribution in [-0.4, -0.2) is 40.0 Å². The molecule has 6 heteroatoms. The van der Waals surface area contributed by atoms with Crippen LogP contribution in [0.1, 0.15) is 24.0 Å². The van der Waals surface area contributed by atoms with E-state index >= 15 is 0 Å². The number of carbonyl (C=O) groups excluding carboxylic acids is 1. The molecule has 26 heavy (non-hydrogen) atoms. The Morgan fingerprint density at radius 2 is 2.08 bits per heavy atom. The molecule has 0 bridgehead atoms. The van der Waals surface area contributed by atoms with Crippen molar-refractivity contribution in [3.8, 4) is 5.75 Å². The van der Waals surface area contributed by atoms with E-state index in [0.717, 1.165) is 17.5 Å². The molecule has 6 nitrogen and oxygen atoms in total. The summed E-state index contributed by atoms with van der Waals surface area (Å²) in [6, 6.07) is 11.2. The molecule has 2 aromatic rings. The highest BCUT2D eigenvalue weighted by Gasteiger charge is 2.27. The summed E-state index contributed by atoms with van der Waals surface area (Å²) in [7, 11) is 0. The fraction of sp³-hybridized carbons (Fsp3) is 0.350. The van der Waals surface area contributed by atoms with Crippen LogP contribution in [0.3, 0.4) is 0 Å². The minimum absolute atomic E-state index is 0.0413. The van der Waals surface area contributed by atoms with Crippen LogP contribution >= 0.6 is 0 Å². The first-order valence-corrected chi connectivity index (χ1v) is 8.73. The predicted octanol–water partition coefficient (Wildman–Crippen LogP) is 2.53. The Labute approximate surface area is 152 Å². The number of aliphatic carboxylic acids is 1. The van der Waals surface area contributed by atoms with Gasteiger partial charge in [0.05, 0.1) is 12.3 Å². The summed E-state index contributed by atoms with van der Waals surface area (Å²) in [5, 5.41) is 9.16. The Hall–Kier alpha value is -2.89. The topological polar surface area (TPSA) is 79.7 Å². The highest BCUT2D eigenvalue weighted by molar-refractivity contribution is 5.80. The van der Waals surface area contributed by atoms with Crippen LogP contribution in [-0.2, 0) is 22.6 Å². The van der Waals surface area contributed by atoms with E-state index in [1.54, 1.807) is 17.3 Å². The Morgan fingerprint density at radius 1 is 1.23 bits per heavy atom. The van der Waals surface area contributed by atoms with Gasteiger partial charge in [0.2, 0.25) is 5.91 Å². The van der Waals surface area contributed by atoms with E-state index in [4.69, 9.17) is 9.84 Å². The summed E-state index contributed by atoms with van der Waals surface area (Å²) in [5.41, 5.74) is 1.83. The smallest absolute Gasteiger partial charge is 0.308 e. The lowest BCUT2D eigenvalue weighted by atomic mass is 9.97. The van der Waals surface area contributed by atoms with Crippen molar-refractivity contribution < 1.29 is 19.4 Å². The van der Waals surface area contributed by atoms with Crippen LogP contribution in [0.15, 0.2) is 48.8 Å². The highest BCUT2D eigenvalue weighted by Crippen LogP contribution is 2.19. The fourth-order valence-corrected chi connectivity index (χ4v) is 3.09. The van der Waals surface area contributed by atoms with E-state index in [0.29, 0.717) is 31.9 Å². The van der Waals surface area contributed by atoms with Crippen LogP contribution in [0.2, 0.25) is 0 Å². The first kappa shape index (κ1) is 17.9. The molecule has 1 N–H and O–H groups in total. The van der Waals surface area contributed by atoms with Gasteiger partial charge in [0, 0.05) is 31.0 Å². The van der Waals surface area contributed by atoms with Gasteiger partial charge >= 0.3 is 5.97 Å². The predicted molar refractivity (Wildman–Crippen MR) is 95.7 cm³/mol. The summed E-state index contributed by atoms with van der Waals surface area (Å²) in [4.78, 5) is 29.4. The minimum atomic E-state index is -0.826. The van der Waals surface area contributed by atoms with Gasteiger partial charge in [-0.25, -0.2) is 0 Å². The number of hydrogen-bond acceptors (Lipinski definition) is 4. The van der Waals surface area contributed by atoms with Crippen molar-refractivity contribution in [2.45, 2.75) is 25.9 Å². The van der Waals surface area contributed by atoms with Crippen LogP contribution in [0.5, 0.6) is 5.75 Å².